The Hall–Kier alpha value is -1.88. The van der Waals surface area contributed by atoms with E-state index in [0.29, 0.717) is 17.9 Å². The molecule has 5 heteroatoms. The molecule has 4 rings (SSSR count). The van der Waals surface area contributed by atoms with Crippen LogP contribution in [0.25, 0.3) is 0 Å². The number of aliphatic carboxylic acids is 1. The third-order valence-electron chi connectivity index (χ3n) is 5.93. The van der Waals surface area contributed by atoms with E-state index in [-0.39, 0.29) is 11.6 Å². The summed E-state index contributed by atoms with van der Waals surface area (Å²) in [4.78, 5) is 26.2. The monoisotopic (exact) mass is 301 g/mol. The van der Waals surface area contributed by atoms with Gasteiger partial charge in [-0.05, 0) is 44.4 Å². The van der Waals surface area contributed by atoms with Crippen molar-refractivity contribution in [3.63, 3.8) is 0 Å². The Labute approximate surface area is 128 Å². The minimum absolute atomic E-state index is 0.0195. The normalized spacial score (nSPS) is 41.6. The van der Waals surface area contributed by atoms with Crippen LogP contribution >= 0.6 is 0 Å². The Kier molecular flexibility index (Phi) is 2.85. The zero-order chi connectivity index (χ0) is 15.5. The number of carboxylic acid groups (broad SMARTS) is 1. The fourth-order valence-electron chi connectivity index (χ4n) is 4.72. The molecule has 116 valence electrons. The SMILES string of the molecule is CN1C2C(C(=O)O)C(OC(=O)c3ccccc3)CC3CCC321. The molecule has 0 amide bonds. The average Bonchev–Trinajstić information content (AvgIpc) is 3.11. The highest BCUT2D eigenvalue weighted by molar-refractivity contribution is 5.89. The summed E-state index contributed by atoms with van der Waals surface area (Å²) in [5, 5.41) is 9.61. The minimum atomic E-state index is -0.857. The van der Waals surface area contributed by atoms with Crippen molar-refractivity contribution < 1.29 is 19.4 Å². The number of rotatable bonds is 3. The van der Waals surface area contributed by atoms with Gasteiger partial charge in [0, 0.05) is 11.6 Å². The number of carboxylic acids is 1. The van der Waals surface area contributed by atoms with Gasteiger partial charge in [-0.15, -0.1) is 0 Å². The van der Waals surface area contributed by atoms with E-state index in [1.165, 1.54) is 0 Å². The molecule has 5 nitrogen and oxygen atoms in total. The molecule has 1 aromatic rings. The van der Waals surface area contributed by atoms with Crippen LogP contribution in [0.4, 0.5) is 0 Å². The van der Waals surface area contributed by atoms with Gasteiger partial charge in [-0.25, -0.2) is 4.79 Å². The van der Waals surface area contributed by atoms with Gasteiger partial charge < -0.3 is 9.84 Å². The summed E-state index contributed by atoms with van der Waals surface area (Å²) in [6, 6.07) is 8.79. The largest absolute Gasteiger partial charge is 0.481 e. The number of esters is 1. The maximum atomic E-state index is 12.3. The van der Waals surface area contributed by atoms with Crippen molar-refractivity contribution in [2.24, 2.45) is 11.8 Å². The third kappa shape index (κ3) is 1.69. The summed E-state index contributed by atoms with van der Waals surface area (Å²) in [6.07, 6.45) is 2.31. The van der Waals surface area contributed by atoms with Gasteiger partial charge >= 0.3 is 11.9 Å². The highest BCUT2D eigenvalue weighted by Gasteiger charge is 2.76. The molecule has 0 aromatic heterocycles. The van der Waals surface area contributed by atoms with E-state index in [4.69, 9.17) is 4.74 Å². The van der Waals surface area contributed by atoms with Crippen molar-refractivity contribution in [1.82, 2.24) is 4.90 Å². The van der Waals surface area contributed by atoms with Crippen LogP contribution in [0, 0.1) is 11.8 Å². The van der Waals surface area contributed by atoms with E-state index in [0.717, 1.165) is 12.8 Å². The number of hydrogen-bond acceptors (Lipinski definition) is 4. The number of nitrogens with zero attached hydrogens (tertiary/aromatic N) is 1. The van der Waals surface area contributed by atoms with Crippen LogP contribution in [-0.2, 0) is 9.53 Å². The van der Waals surface area contributed by atoms with E-state index < -0.39 is 24.0 Å². The van der Waals surface area contributed by atoms with E-state index in [1.807, 2.05) is 13.1 Å². The lowest BCUT2D eigenvalue weighted by molar-refractivity contribution is -0.148. The quantitative estimate of drug-likeness (QED) is 0.681. The van der Waals surface area contributed by atoms with Crippen LogP contribution in [-0.4, -0.2) is 46.7 Å². The molecule has 2 aliphatic carbocycles. The van der Waals surface area contributed by atoms with Crippen molar-refractivity contribution >= 4 is 11.9 Å². The summed E-state index contributed by atoms with van der Waals surface area (Å²) in [5.74, 6) is -1.43. The predicted molar refractivity (Wildman–Crippen MR) is 78.4 cm³/mol. The van der Waals surface area contributed by atoms with Gasteiger partial charge in [-0.1, -0.05) is 18.2 Å². The summed E-state index contributed by atoms with van der Waals surface area (Å²) in [7, 11) is 1.99. The molecule has 0 bridgehead atoms. The highest BCUT2D eigenvalue weighted by Crippen LogP contribution is 2.65. The fourth-order valence-corrected chi connectivity index (χ4v) is 4.72. The molecule has 6 atom stereocenters. The first-order valence-electron chi connectivity index (χ1n) is 7.77. The van der Waals surface area contributed by atoms with Gasteiger partial charge in [0.15, 0.2) is 0 Å². The second kappa shape index (κ2) is 4.56. The first kappa shape index (κ1) is 13.8. The van der Waals surface area contributed by atoms with Crippen LogP contribution in [0.3, 0.4) is 0 Å². The minimum Gasteiger partial charge on any atom is -0.481 e. The van der Waals surface area contributed by atoms with Gasteiger partial charge in [-0.2, -0.15) is 0 Å². The number of ether oxygens (including phenoxy) is 1. The first-order chi connectivity index (χ1) is 10.6. The molecular formula is C17H19NO4. The van der Waals surface area contributed by atoms with Crippen LogP contribution in [0.2, 0.25) is 0 Å². The molecule has 1 heterocycles. The van der Waals surface area contributed by atoms with Gasteiger partial charge in [0.2, 0.25) is 0 Å². The number of likely N-dealkylation sites (tertiary alicyclic amines) is 1. The maximum absolute atomic E-state index is 12.3. The van der Waals surface area contributed by atoms with Gasteiger partial charge in [0.1, 0.15) is 12.0 Å². The van der Waals surface area contributed by atoms with Crippen molar-refractivity contribution in [3.8, 4) is 0 Å². The lowest BCUT2D eigenvalue weighted by atomic mass is 9.61. The van der Waals surface area contributed by atoms with Crippen LogP contribution in [0.1, 0.15) is 29.6 Å². The van der Waals surface area contributed by atoms with E-state index in [2.05, 4.69) is 4.90 Å². The number of benzene rings is 1. The van der Waals surface area contributed by atoms with Crippen LogP contribution in [0.15, 0.2) is 30.3 Å². The van der Waals surface area contributed by atoms with Crippen LogP contribution in [0.5, 0.6) is 0 Å². The third-order valence-corrected chi connectivity index (χ3v) is 5.93. The van der Waals surface area contributed by atoms with Gasteiger partial charge in [0.25, 0.3) is 0 Å². The number of likely N-dealkylation sites (N-methyl/N-ethyl adjacent to an activating group) is 1. The summed E-state index contributed by atoms with van der Waals surface area (Å²) < 4.78 is 5.60. The molecule has 6 unspecified atom stereocenters. The van der Waals surface area contributed by atoms with Crippen molar-refractivity contribution in [2.45, 2.75) is 36.9 Å². The molecule has 0 radical (unpaired) electrons. The van der Waals surface area contributed by atoms with Crippen molar-refractivity contribution in [1.29, 1.82) is 0 Å². The second-order valence-corrected chi connectivity index (χ2v) is 6.69. The Morgan fingerprint density at radius 1 is 1.32 bits per heavy atom. The van der Waals surface area contributed by atoms with E-state index in [1.54, 1.807) is 24.3 Å². The average molecular weight is 301 g/mol. The number of carbonyl (C=O) groups excluding carboxylic acids is 1. The fraction of sp³-hybridized carbons (Fsp3) is 0.529. The van der Waals surface area contributed by atoms with E-state index >= 15 is 0 Å². The zero-order valence-corrected chi connectivity index (χ0v) is 12.4. The summed E-state index contributed by atoms with van der Waals surface area (Å²) >= 11 is 0. The molecule has 1 saturated heterocycles. The smallest absolute Gasteiger partial charge is 0.338 e. The Morgan fingerprint density at radius 2 is 2.05 bits per heavy atom. The number of carbonyl (C=O) groups is 2. The molecule has 1 spiro atoms. The Balaban J connectivity index is 1.56. The molecule has 2 saturated carbocycles. The molecule has 3 aliphatic rings. The summed E-state index contributed by atoms with van der Waals surface area (Å²) in [5.41, 5.74) is 0.555. The molecule has 1 N–H and O–H groups in total. The van der Waals surface area contributed by atoms with Crippen molar-refractivity contribution in [2.75, 3.05) is 7.05 Å². The topological polar surface area (TPSA) is 66.6 Å². The highest BCUT2D eigenvalue weighted by atomic mass is 16.5. The molecular weight excluding hydrogens is 282 g/mol. The molecule has 22 heavy (non-hydrogen) atoms. The van der Waals surface area contributed by atoms with E-state index in [9.17, 15) is 14.7 Å². The van der Waals surface area contributed by atoms with Gasteiger partial charge in [-0.3, -0.25) is 9.69 Å². The molecule has 1 aliphatic heterocycles. The lowest BCUT2D eigenvalue weighted by Crippen LogP contribution is -2.52. The standard InChI is InChI=1S/C17H19NO4/c1-18-14-13(15(19)20)12(9-11-7-8-17(11,14)18)22-16(21)10-5-3-2-4-6-10/h2-6,11-14H,7-9H2,1H3,(H,19,20). The predicted octanol–water partition coefficient (Wildman–Crippen LogP) is 1.78. The van der Waals surface area contributed by atoms with Crippen LogP contribution < -0.4 is 0 Å². The summed E-state index contributed by atoms with van der Waals surface area (Å²) in [6.45, 7) is 0. The lowest BCUT2D eigenvalue weighted by Gasteiger charge is -2.44. The molecule has 1 aromatic carbocycles. The van der Waals surface area contributed by atoms with Crippen molar-refractivity contribution in [3.05, 3.63) is 35.9 Å². The Bertz CT molecular complexity index is 631. The zero-order valence-electron chi connectivity index (χ0n) is 12.4. The molecule has 3 fully saturated rings. The Morgan fingerprint density at radius 3 is 2.64 bits per heavy atom. The maximum Gasteiger partial charge on any atom is 0.338 e. The second-order valence-electron chi connectivity index (χ2n) is 6.69. The van der Waals surface area contributed by atoms with Gasteiger partial charge in [0.05, 0.1) is 5.56 Å². The number of hydrogen-bond donors (Lipinski definition) is 1. The first-order valence-corrected chi connectivity index (χ1v) is 7.77.